The number of halogens is 3. The number of nitrogens with zero attached hydrogens (tertiary/aromatic N) is 2. The number of H-pyrrole nitrogens is 1. The van der Waals surface area contributed by atoms with Gasteiger partial charge in [0.2, 0.25) is 0 Å². The number of Topliss-reactive ketones (excluding diaryl/α,β-unsaturated/α-hetero) is 1. The number of hydrogen-bond acceptors (Lipinski definition) is 4. The second-order valence-corrected chi connectivity index (χ2v) is 7.00. The van der Waals surface area contributed by atoms with Crippen LogP contribution in [-0.2, 0) is 6.18 Å². The van der Waals surface area contributed by atoms with Crippen LogP contribution in [0, 0.1) is 13.8 Å². The van der Waals surface area contributed by atoms with E-state index in [4.69, 9.17) is 0 Å². The van der Waals surface area contributed by atoms with Crippen molar-refractivity contribution in [2.45, 2.75) is 44.1 Å². The van der Waals surface area contributed by atoms with E-state index in [1.165, 1.54) is 0 Å². The summed E-state index contributed by atoms with van der Waals surface area (Å²) in [6.45, 7) is 3.80. The van der Waals surface area contributed by atoms with Gasteiger partial charge in [-0.1, -0.05) is 11.8 Å². The lowest BCUT2D eigenvalue weighted by molar-refractivity contribution is -0.141. The van der Waals surface area contributed by atoms with E-state index in [1.807, 2.05) is 13.8 Å². The third-order valence-corrected chi connectivity index (χ3v) is 4.92. The van der Waals surface area contributed by atoms with Crippen LogP contribution >= 0.6 is 11.8 Å². The highest BCUT2D eigenvalue weighted by molar-refractivity contribution is 7.99. The normalized spacial score (nSPS) is 14.8. The molecular weight excluding hydrogens is 355 g/mol. The molecule has 1 N–H and O–H groups in total. The van der Waals surface area contributed by atoms with Crippen molar-refractivity contribution >= 4 is 17.5 Å². The molecule has 1 saturated carbocycles. The molecular formula is C16H16F3N3O2S. The Morgan fingerprint density at radius 3 is 2.64 bits per heavy atom. The number of ketones is 1. The summed E-state index contributed by atoms with van der Waals surface area (Å²) < 4.78 is 40.2. The Hall–Kier alpha value is -2.03. The van der Waals surface area contributed by atoms with Crippen LogP contribution in [0.1, 0.15) is 46.3 Å². The highest BCUT2D eigenvalue weighted by atomic mass is 32.2. The van der Waals surface area contributed by atoms with Gasteiger partial charge in [0.25, 0.3) is 5.56 Å². The molecule has 0 bridgehead atoms. The first-order chi connectivity index (χ1) is 11.7. The third-order valence-electron chi connectivity index (χ3n) is 4.05. The molecule has 0 radical (unpaired) electrons. The summed E-state index contributed by atoms with van der Waals surface area (Å²) in [5.41, 5.74) is 0.267. The van der Waals surface area contributed by atoms with Gasteiger partial charge in [0.05, 0.1) is 5.75 Å². The number of carbonyl (C=O) groups excluding carboxylic acids is 1. The fourth-order valence-corrected chi connectivity index (χ4v) is 3.57. The van der Waals surface area contributed by atoms with E-state index in [0.717, 1.165) is 36.0 Å². The van der Waals surface area contributed by atoms with Crippen LogP contribution < -0.4 is 5.56 Å². The zero-order valence-electron chi connectivity index (χ0n) is 13.6. The Balaban J connectivity index is 1.76. The first-order valence-corrected chi connectivity index (χ1v) is 8.68. The lowest BCUT2D eigenvalue weighted by Gasteiger charge is -2.08. The molecule has 0 aromatic carbocycles. The fourth-order valence-electron chi connectivity index (χ4n) is 2.81. The van der Waals surface area contributed by atoms with Crippen molar-refractivity contribution in [2.24, 2.45) is 0 Å². The molecule has 0 atom stereocenters. The maximum absolute atomic E-state index is 12.7. The second kappa shape index (κ2) is 6.36. The predicted molar refractivity (Wildman–Crippen MR) is 87.1 cm³/mol. The zero-order chi connectivity index (χ0) is 18.4. The molecule has 1 fully saturated rings. The van der Waals surface area contributed by atoms with Crippen LogP contribution in [0.4, 0.5) is 13.2 Å². The van der Waals surface area contributed by atoms with Crippen molar-refractivity contribution in [2.75, 3.05) is 5.75 Å². The molecule has 2 aromatic rings. The highest BCUT2D eigenvalue weighted by Gasteiger charge is 2.33. The largest absolute Gasteiger partial charge is 0.433 e. The molecule has 0 saturated heterocycles. The average Bonchev–Trinajstić information content (AvgIpc) is 3.29. The molecule has 3 rings (SSSR count). The predicted octanol–water partition coefficient (Wildman–Crippen LogP) is 3.52. The van der Waals surface area contributed by atoms with E-state index in [9.17, 15) is 22.8 Å². The van der Waals surface area contributed by atoms with Gasteiger partial charge in [0.1, 0.15) is 0 Å². The first-order valence-electron chi connectivity index (χ1n) is 7.70. The Morgan fingerprint density at radius 1 is 1.36 bits per heavy atom. The van der Waals surface area contributed by atoms with Gasteiger partial charge in [-0.05, 0) is 32.8 Å². The minimum atomic E-state index is -4.71. The van der Waals surface area contributed by atoms with E-state index in [0.29, 0.717) is 17.7 Å². The molecule has 0 amide bonds. The van der Waals surface area contributed by atoms with Gasteiger partial charge >= 0.3 is 6.18 Å². The first kappa shape index (κ1) is 17.8. The summed E-state index contributed by atoms with van der Waals surface area (Å²) in [5.74, 6) is -0.302. The standard InChI is InChI=1S/C16H16F3N3O2S/c1-8-5-11(9(2)22(8)10-3-4-10)12(23)7-25-15-20-13(16(17,18)19)6-14(24)21-15/h5-6,10H,3-4,7H2,1-2H3,(H,20,21,24). The van der Waals surface area contributed by atoms with Crippen LogP contribution in [0.25, 0.3) is 0 Å². The molecule has 0 unspecified atom stereocenters. The topological polar surface area (TPSA) is 67.8 Å². The van der Waals surface area contributed by atoms with Crippen molar-refractivity contribution in [3.63, 3.8) is 0 Å². The third kappa shape index (κ3) is 3.81. The molecule has 0 spiro atoms. The van der Waals surface area contributed by atoms with Crippen molar-refractivity contribution in [3.8, 4) is 0 Å². The average molecular weight is 371 g/mol. The number of alkyl halides is 3. The van der Waals surface area contributed by atoms with Crippen LogP contribution in [0.2, 0.25) is 0 Å². The Morgan fingerprint density at radius 2 is 2.04 bits per heavy atom. The minimum Gasteiger partial charge on any atom is -0.345 e. The SMILES string of the molecule is Cc1cc(C(=O)CSc2nc(C(F)(F)F)cc(=O)[nH]2)c(C)n1C1CC1. The Labute approximate surface area is 145 Å². The summed E-state index contributed by atoms with van der Waals surface area (Å²) in [5, 5.41) is -0.218. The van der Waals surface area contributed by atoms with Crippen LogP contribution in [0.15, 0.2) is 22.1 Å². The number of nitrogens with one attached hydrogen (secondary N) is 1. The quantitative estimate of drug-likeness (QED) is 0.496. The van der Waals surface area contributed by atoms with Crippen molar-refractivity contribution in [3.05, 3.63) is 45.1 Å². The van der Waals surface area contributed by atoms with Gasteiger partial charge in [-0.15, -0.1) is 0 Å². The molecule has 25 heavy (non-hydrogen) atoms. The maximum Gasteiger partial charge on any atom is 0.433 e. The van der Waals surface area contributed by atoms with E-state index >= 15 is 0 Å². The van der Waals surface area contributed by atoms with Crippen molar-refractivity contribution in [1.82, 2.24) is 14.5 Å². The molecule has 0 aliphatic heterocycles. The number of rotatable bonds is 5. The van der Waals surface area contributed by atoms with Gasteiger partial charge < -0.3 is 9.55 Å². The molecule has 1 aliphatic carbocycles. The van der Waals surface area contributed by atoms with E-state index in [-0.39, 0.29) is 16.7 Å². The Bertz CT molecular complexity index is 882. The summed E-state index contributed by atoms with van der Waals surface area (Å²) in [6.07, 6.45) is -2.52. The van der Waals surface area contributed by atoms with Crippen LogP contribution in [0.3, 0.4) is 0 Å². The number of aromatic amines is 1. The number of carbonyl (C=O) groups is 1. The van der Waals surface area contributed by atoms with Gasteiger partial charge in [-0.2, -0.15) is 13.2 Å². The fraction of sp³-hybridized carbons (Fsp3) is 0.438. The van der Waals surface area contributed by atoms with Gasteiger partial charge in [0.15, 0.2) is 16.6 Å². The summed E-state index contributed by atoms with van der Waals surface area (Å²) in [4.78, 5) is 29.4. The molecule has 9 heteroatoms. The smallest absolute Gasteiger partial charge is 0.345 e. The van der Waals surface area contributed by atoms with Gasteiger partial charge in [-0.3, -0.25) is 9.59 Å². The molecule has 1 aliphatic rings. The lowest BCUT2D eigenvalue weighted by atomic mass is 10.2. The number of hydrogen-bond donors (Lipinski definition) is 1. The molecule has 134 valence electrons. The van der Waals surface area contributed by atoms with Crippen molar-refractivity contribution < 1.29 is 18.0 Å². The molecule has 2 aromatic heterocycles. The van der Waals surface area contributed by atoms with Crippen LogP contribution in [0.5, 0.6) is 0 Å². The number of aryl methyl sites for hydroxylation is 1. The molecule has 5 nitrogen and oxygen atoms in total. The maximum atomic E-state index is 12.7. The van der Waals surface area contributed by atoms with E-state index < -0.39 is 17.4 Å². The summed E-state index contributed by atoms with van der Waals surface area (Å²) in [7, 11) is 0. The minimum absolute atomic E-state index is 0.0980. The summed E-state index contributed by atoms with van der Waals surface area (Å²) in [6, 6.07) is 2.64. The van der Waals surface area contributed by atoms with Gasteiger partial charge in [-0.25, -0.2) is 4.98 Å². The lowest BCUT2D eigenvalue weighted by Crippen LogP contribution is -2.17. The summed E-state index contributed by atoms with van der Waals surface area (Å²) >= 11 is 0.790. The monoisotopic (exact) mass is 371 g/mol. The van der Waals surface area contributed by atoms with E-state index in [2.05, 4.69) is 14.5 Å². The zero-order valence-corrected chi connectivity index (χ0v) is 14.4. The molecule has 2 heterocycles. The van der Waals surface area contributed by atoms with Crippen molar-refractivity contribution in [1.29, 1.82) is 0 Å². The number of thioether (sulfide) groups is 1. The second-order valence-electron chi connectivity index (χ2n) is 6.03. The van der Waals surface area contributed by atoms with Crippen LogP contribution in [-0.4, -0.2) is 26.1 Å². The highest BCUT2D eigenvalue weighted by Crippen LogP contribution is 2.38. The Kier molecular flexibility index (Phi) is 4.52. The number of aromatic nitrogens is 3. The van der Waals surface area contributed by atoms with E-state index in [1.54, 1.807) is 6.07 Å². The van der Waals surface area contributed by atoms with Gasteiger partial charge in [0, 0.05) is 29.1 Å².